The number of guanidine groups is 1. The largest absolute Gasteiger partial charge is 0.369 e. The third-order valence-corrected chi connectivity index (χ3v) is 6.75. The number of likely N-dealkylation sites (tertiary alicyclic amines) is 1. The molecule has 0 spiro atoms. The van der Waals surface area contributed by atoms with E-state index in [0.717, 1.165) is 50.9 Å². The fourth-order valence-corrected chi connectivity index (χ4v) is 4.82. The molecule has 1 aromatic rings. The molecular formula is C24H40IN5O. The zero-order valence-electron chi connectivity index (χ0n) is 19.1. The molecular weight excluding hydrogens is 501 g/mol. The second kappa shape index (κ2) is 13.3. The Morgan fingerprint density at radius 2 is 1.94 bits per heavy atom. The lowest BCUT2D eigenvalue weighted by Gasteiger charge is -2.31. The van der Waals surface area contributed by atoms with E-state index in [2.05, 4.69) is 51.7 Å². The third-order valence-electron chi connectivity index (χ3n) is 6.75. The summed E-state index contributed by atoms with van der Waals surface area (Å²) in [5, 5.41) is 7.08. The molecule has 1 unspecified atom stereocenters. The number of rotatable bonds is 7. The normalized spacial score (nSPS) is 24.8. The molecule has 1 aliphatic heterocycles. The van der Waals surface area contributed by atoms with Crippen LogP contribution in [0.1, 0.15) is 63.0 Å². The highest BCUT2D eigenvalue weighted by molar-refractivity contribution is 14.0. The maximum atomic E-state index is 11.5. The average molecular weight is 542 g/mol. The van der Waals surface area contributed by atoms with Gasteiger partial charge in [0.15, 0.2) is 5.96 Å². The number of nitrogens with zero attached hydrogens (tertiary/aromatic N) is 2. The van der Waals surface area contributed by atoms with Gasteiger partial charge < -0.3 is 16.4 Å². The van der Waals surface area contributed by atoms with Crippen molar-refractivity contribution >= 4 is 35.8 Å². The number of benzene rings is 1. The standard InChI is InChI=1S/C24H39N5O.HI/c1-3-18-9-11-22(12-10-18)28-24(26-2)27-15-19-6-4-7-20(14-19)16-29-13-5-8-21(17-29)23(25)30;/h4,6-7,14,18,21-22H,3,5,8-13,15-17H2,1-2H3,(H2,25,30)(H2,26,27,28);1H. The number of hydrogen-bond acceptors (Lipinski definition) is 3. The van der Waals surface area contributed by atoms with E-state index in [1.54, 1.807) is 0 Å². The monoisotopic (exact) mass is 541 g/mol. The van der Waals surface area contributed by atoms with Crippen LogP contribution in [0.5, 0.6) is 0 Å². The maximum Gasteiger partial charge on any atom is 0.221 e. The van der Waals surface area contributed by atoms with Crippen LogP contribution < -0.4 is 16.4 Å². The van der Waals surface area contributed by atoms with Crippen molar-refractivity contribution in [2.45, 2.75) is 71.0 Å². The lowest BCUT2D eigenvalue weighted by molar-refractivity contribution is -0.123. The van der Waals surface area contributed by atoms with Gasteiger partial charge in [-0.15, -0.1) is 24.0 Å². The molecule has 4 N–H and O–H groups in total. The van der Waals surface area contributed by atoms with Crippen molar-refractivity contribution in [1.82, 2.24) is 15.5 Å². The Morgan fingerprint density at radius 1 is 1.19 bits per heavy atom. The number of piperidine rings is 1. The van der Waals surface area contributed by atoms with Crippen LogP contribution in [0.15, 0.2) is 29.3 Å². The number of aliphatic imine (C=N–C) groups is 1. The average Bonchev–Trinajstić information content (AvgIpc) is 2.77. The highest BCUT2D eigenvalue weighted by Crippen LogP contribution is 2.26. The van der Waals surface area contributed by atoms with E-state index in [1.165, 1.54) is 43.2 Å². The second-order valence-corrected chi connectivity index (χ2v) is 8.99. The summed E-state index contributed by atoms with van der Waals surface area (Å²) in [5.41, 5.74) is 8.04. The Hall–Kier alpha value is -1.35. The molecule has 174 valence electrons. The number of nitrogens with one attached hydrogen (secondary N) is 2. The van der Waals surface area contributed by atoms with Gasteiger partial charge in [-0.1, -0.05) is 37.6 Å². The molecule has 0 bridgehead atoms. The SMILES string of the molecule is CCC1CCC(NC(=NC)NCc2cccc(CN3CCCC(C(N)=O)C3)c2)CC1.I. The fourth-order valence-electron chi connectivity index (χ4n) is 4.82. The van der Waals surface area contributed by atoms with Crippen LogP contribution in [-0.2, 0) is 17.9 Å². The van der Waals surface area contributed by atoms with Crippen LogP contribution in [0.3, 0.4) is 0 Å². The topological polar surface area (TPSA) is 82.8 Å². The minimum Gasteiger partial charge on any atom is -0.369 e. The Balaban J connectivity index is 0.00000341. The summed E-state index contributed by atoms with van der Waals surface area (Å²) in [6.45, 7) is 5.72. The summed E-state index contributed by atoms with van der Waals surface area (Å²) in [7, 11) is 1.84. The van der Waals surface area contributed by atoms with Gasteiger partial charge in [0.25, 0.3) is 0 Å². The lowest BCUT2D eigenvalue weighted by atomic mass is 9.84. The maximum absolute atomic E-state index is 11.5. The zero-order chi connectivity index (χ0) is 21.3. The molecule has 1 saturated heterocycles. The summed E-state index contributed by atoms with van der Waals surface area (Å²) in [6, 6.07) is 9.21. The smallest absolute Gasteiger partial charge is 0.221 e. The molecule has 1 atom stereocenters. The molecule has 1 heterocycles. The molecule has 1 saturated carbocycles. The molecule has 0 aromatic heterocycles. The number of hydrogen-bond donors (Lipinski definition) is 3. The molecule has 0 radical (unpaired) electrons. The van der Waals surface area contributed by atoms with E-state index in [0.29, 0.717) is 6.04 Å². The summed E-state index contributed by atoms with van der Waals surface area (Å²) in [4.78, 5) is 18.3. The molecule has 31 heavy (non-hydrogen) atoms. The molecule has 1 aliphatic carbocycles. The number of carbonyl (C=O) groups excluding carboxylic acids is 1. The predicted molar refractivity (Wildman–Crippen MR) is 138 cm³/mol. The zero-order valence-corrected chi connectivity index (χ0v) is 21.4. The van der Waals surface area contributed by atoms with Gasteiger partial charge in [0.1, 0.15) is 0 Å². The van der Waals surface area contributed by atoms with Crippen molar-refractivity contribution < 1.29 is 4.79 Å². The van der Waals surface area contributed by atoms with E-state index in [4.69, 9.17) is 5.73 Å². The molecule has 3 rings (SSSR count). The Labute approximate surface area is 204 Å². The van der Waals surface area contributed by atoms with E-state index in [1.807, 2.05) is 7.05 Å². The van der Waals surface area contributed by atoms with Gasteiger partial charge in [-0.05, 0) is 62.1 Å². The van der Waals surface area contributed by atoms with Gasteiger partial charge in [0.05, 0.1) is 5.92 Å². The van der Waals surface area contributed by atoms with Crippen LogP contribution in [-0.4, -0.2) is 42.9 Å². The molecule has 2 fully saturated rings. The van der Waals surface area contributed by atoms with Crippen molar-refractivity contribution in [3.8, 4) is 0 Å². The molecule has 2 aliphatic rings. The van der Waals surface area contributed by atoms with E-state index >= 15 is 0 Å². The van der Waals surface area contributed by atoms with Crippen molar-refractivity contribution in [3.63, 3.8) is 0 Å². The highest BCUT2D eigenvalue weighted by atomic mass is 127. The summed E-state index contributed by atoms with van der Waals surface area (Å²) < 4.78 is 0. The molecule has 7 heteroatoms. The predicted octanol–water partition coefficient (Wildman–Crippen LogP) is 3.64. The summed E-state index contributed by atoms with van der Waals surface area (Å²) in [5.74, 6) is 1.62. The Morgan fingerprint density at radius 3 is 2.61 bits per heavy atom. The molecule has 1 aromatic carbocycles. The van der Waals surface area contributed by atoms with Crippen molar-refractivity contribution in [2.24, 2.45) is 22.6 Å². The van der Waals surface area contributed by atoms with E-state index in [-0.39, 0.29) is 35.8 Å². The van der Waals surface area contributed by atoms with Gasteiger partial charge in [-0.3, -0.25) is 14.7 Å². The van der Waals surface area contributed by atoms with Crippen LogP contribution in [0, 0.1) is 11.8 Å². The number of halogens is 1. The summed E-state index contributed by atoms with van der Waals surface area (Å²) >= 11 is 0. The van der Waals surface area contributed by atoms with Crippen LogP contribution >= 0.6 is 24.0 Å². The quantitative estimate of drug-likeness (QED) is 0.280. The minimum absolute atomic E-state index is 0. The van der Waals surface area contributed by atoms with E-state index in [9.17, 15) is 4.79 Å². The first-order valence-corrected chi connectivity index (χ1v) is 11.6. The lowest BCUT2D eigenvalue weighted by Crippen LogP contribution is -2.44. The Bertz CT molecular complexity index is 718. The number of primary amides is 1. The van der Waals surface area contributed by atoms with Crippen LogP contribution in [0.4, 0.5) is 0 Å². The minimum atomic E-state index is -0.167. The summed E-state index contributed by atoms with van der Waals surface area (Å²) in [6.07, 6.45) is 8.37. The van der Waals surface area contributed by atoms with Crippen molar-refractivity contribution in [2.75, 3.05) is 20.1 Å². The first-order valence-electron chi connectivity index (χ1n) is 11.6. The highest BCUT2D eigenvalue weighted by Gasteiger charge is 2.24. The number of amides is 1. The third kappa shape index (κ3) is 8.25. The van der Waals surface area contributed by atoms with Gasteiger partial charge in [0.2, 0.25) is 5.91 Å². The van der Waals surface area contributed by atoms with Gasteiger partial charge in [-0.25, -0.2) is 0 Å². The number of nitrogens with two attached hydrogens (primary N) is 1. The molecule has 1 amide bonds. The van der Waals surface area contributed by atoms with Crippen molar-refractivity contribution in [3.05, 3.63) is 35.4 Å². The number of carbonyl (C=O) groups is 1. The molecule has 6 nitrogen and oxygen atoms in total. The second-order valence-electron chi connectivity index (χ2n) is 8.99. The van der Waals surface area contributed by atoms with Crippen LogP contribution in [0.2, 0.25) is 0 Å². The van der Waals surface area contributed by atoms with Gasteiger partial charge in [0, 0.05) is 32.7 Å². The fraction of sp³-hybridized carbons (Fsp3) is 0.667. The van der Waals surface area contributed by atoms with E-state index < -0.39 is 0 Å². The van der Waals surface area contributed by atoms with Gasteiger partial charge >= 0.3 is 0 Å². The Kier molecular flexibility index (Phi) is 11.1. The first kappa shape index (κ1) is 25.9. The first-order chi connectivity index (χ1) is 14.6. The van der Waals surface area contributed by atoms with Crippen molar-refractivity contribution in [1.29, 1.82) is 0 Å². The van der Waals surface area contributed by atoms with Gasteiger partial charge in [-0.2, -0.15) is 0 Å². The van der Waals surface area contributed by atoms with Crippen LogP contribution in [0.25, 0.3) is 0 Å².